The molecule has 0 atom stereocenters. The van der Waals surface area contributed by atoms with Gasteiger partial charge in [-0.2, -0.15) is 0 Å². The SMILES string of the molecule is C.CCSC(N)=NC(=S)Cc1ccc(N2CCN(C)CC2)cc1. The number of aliphatic imine (C=N–C) groups is 1. The molecule has 1 aliphatic heterocycles. The van der Waals surface area contributed by atoms with Gasteiger partial charge in [-0.25, -0.2) is 4.99 Å². The van der Waals surface area contributed by atoms with Crippen LogP contribution in [0.2, 0.25) is 0 Å². The van der Waals surface area contributed by atoms with E-state index in [0.717, 1.165) is 31.9 Å². The summed E-state index contributed by atoms with van der Waals surface area (Å²) in [6, 6.07) is 8.63. The lowest BCUT2D eigenvalue weighted by Crippen LogP contribution is -2.44. The predicted molar refractivity (Wildman–Crippen MR) is 109 cm³/mol. The topological polar surface area (TPSA) is 44.9 Å². The van der Waals surface area contributed by atoms with Crippen LogP contribution in [-0.2, 0) is 6.42 Å². The molecular weight excluding hydrogens is 324 g/mol. The van der Waals surface area contributed by atoms with Crippen molar-refractivity contribution in [1.82, 2.24) is 4.90 Å². The number of benzene rings is 1. The highest BCUT2D eigenvalue weighted by Crippen LogP contribution is 2.17. The van der Waals surface area contributed by atoms with Gasteiger partial charge in [-0.15, -0.1) is 0 Å². The van der Waals surface area contributed by atoms with Gasteiger partial charge in [-0.1, -0.05) is 50.5 Å². The Bertz CT molecular complexity index is 520. The molecule has 1 heterocycles. The molecule has 1 aromatic rings. The third kappa shape index (κ3) is 6.49. The van der Waals surface area contributed by atoms with E-state index in [4.69, 9.17) is 18.0 Å². The van der Waals surface area contributed by atoms with Crippen LogP contribution in [-0.4, -0.2) is 54.0 Å². The summed E-state index contributed by atoms with van der Waals surface area (Å²) in [6.07, 6.45) is 0.670. The summed E-state index contributed by atoms with van der Waals surface area (Å²) in [5, 5.41) is 0.557. The molecule has 0 unspecified atom stereocenters. The maximum Gasteiger partial charge on any atom is 0.159 e. The Morgan fingerprint density at radius 1 is 1.22 bits per heavy atom. The van der Waals surface area contributed by atoms with Gasteiger partial charge in [0.05, 0.1) is 0 Å². The van der Waals surface area contributed by atoms with Crippen LogP contribution in [0.1, 0.15) is 19.9 Å². The maximum absolute atomic E-state index is 5.79. The van der Waals surface area contributed by atoms with Gasteiger partial charge in [0, 0.05) is 38.3 Å². The molecule has 0 radical (unpaired) electrons. The Labute approximate surface area is 150 Å². The second-order valence-corrected chi connectivity index (χ2v) is 7.17. The minimum Gasteiger partial charge on any atom is -0.378 e. The van der Waals surface area contributed by atoms with Gasteiger partial charge in [0.2, 0.25) is 0 Å². The van der Waals surface area contributed by atoms with E-state index in [9.17, 15) is 0 Å². The third-order valence-electron chi connectivity index (χ3n) is 3.69. The highest BCUT2D eigenvalue weighted by atomic mass is 32.2. The third-order valence-corrected chi connectivity index (χ3v) is 4.60. The van der Waals surface area contributed by atoms with Gasteiger partial charge in [0.25, 0.3) is 0 Å². The number of likely N-dealkylation sites (N-methyl/N-ethyl adjacent to an activating group) is 1. The molecule has 0 amide bonds. The average Bonchev–Trinajstić information content (AvgIpc) is 2.49. The number of rotatable bonds is 4. The number of thiocarbonyl (C=S) groups is 1. The number of piperazine rings is 1. The molecule has 6 heteroatoms. The Kier molecular flexibility index (Phi) is 8.58. The van der Waals surface area contributed by atoms with Crippen molar-refractivity contribution in [2.45, 2.75) is 20.8 Å². The van der Waals surface area contributed by atoms with Crippen LogP contribution in [0.15, 0.2) is 29.3 Å². The molecule has 0 bridgehead atoms. The molecule has 2 rings (SSSR count). The molecule has 0 aromatic heterocycles. The van der Waals surface area contributed by atoms with Crippen LogP contribution in [0.5, 0.6) is 0 Å². The summed E-state index contributed by atoms with van der Waals surface area (Å²) < 4.78 is 0. The first kappa shape index (κ1) is 19.9. The number of hydrogen-bond donors (Lipinski definition) is 1. The van der Waals surface area contributed by atoms with E-state index in [1.165, 1.54) is 23.0 Å². The van der Waals surface area contributed by atoms with Crippen LogP contribution in [0.3, 0.4) is 0 Å². The van der Waals surface area contributed by atoms with Crippen LogP contribution in [0.25, 0.3) is 0 Å². The second-order valence-electron chi connectivity index (χ2n) is 5.41. The summed E-state index contributed by atoms with van der Waals surface area (Å²) in [4.78, 5) is 9.69. The number of amidine groups is 1. The molecular formula is C17H28N4S2. The smallest absolute Gasteiger partial charge is 0.159 e. The zero-order chi connectivity index (χ0) is 15.9. The van der Waals surface area contributed by atoms with Gasteiger partial charge < -0.3 is 15.5 Å². The lowest BCUT2D eigenvalue weighted by atomic mass is 10.1. The van der Waals surface area contributed by atoms with Crippen LogP contribution < -0.4 is 10.6 Å². The summed E-state index contributed by atoms with van der Waals surface area (Å²) >= 11 is 6.82. The predicted octanol–water partition coefficient (Wildman–Crippen LogP) is 3.01. The fraction of sp³-hybridized carbons (Fsp3) is 0.529. The monoisotopic (exact) mass is 352 g/mol. The van der Waals surface area contributed by atoms with Gasteiger partial charge in [0.15, 0.2) is 5.17 Å². The minimum absolute atomic E-state index is 0. The van der Waals surface area contributed by atoms with Crippen LogP contribution in [0, 0.1) is 0 Å². The number of hydrogen-bond acceptors (Lipinski definition) is 4. The molecule has 128 valence electrons. The lowest BCUT2D eigenvalue weighted by molar-refractivity contribution is 0.313. The number of anilines is 1. The molecule has 1 fully saturated rings. The molecule has 4 nitrogen and oxygen atoms in total. The maximum atomic E-state index is 5.79. The Morgan fingerprint density at radius 3 is 2.39 bits per heavy atom. The summed E-state index contributed by atoms with van der Waals surface area (Å²) in [6.45, 7) is 6.46. The fourth-order valence-corrected chi connectivity index (χ4v) is 3.20. The van der Waals surface area contributed by atoms with Crippen molar-refractivity contribution in [2.24, 2.45) is 10.7 Å². The first-order chi connectivity index (χ1) is 10.6. The fourth-order valence-electron chi connectivity index (χ4n) is 2.41. The summed E-state index contributed by atoms with van der Waals surface area (Å²) in [5.74, 6) is 0.914. The minimum atomic E-state index is 0. The Morgan fingerprint density at radius 2 is 1.83 bits per heavy atom. The zero-order valence-electron chi connectivity index (χ0n) is 13.3. The lowest BCUT2D eigenvalue weighted by Gasteiger charge is -2.34. The van der Waals surface area contributed by atoms with Gasteiger partial charge >= 0.3 is 0 Å². The number of thioether (sulfide) groups is 1. The molecule has 0 saturated carbocycles. The largest absolute Gasteiger partial charge is 0.378 e. The second kappa shape index (κ2) is 9.90. The standard InChI is InChI=1S/C16H24N4S2.CH4/c1-3-22-16(17)18-15(21)12-13-4-6-14(7-5-13)20-10-8-19(2)9-11-20;/h4-7H,3,8-12H2,1-2H3,(H2,17,18,21);1H4. The quantitative estimate of drug-likeness (QED) is 0.513. The van der Waals surface area contributed by atoms with Crippen molar-refractivity contribution in [3.05, 3.63) is 29.8 Å². The molecule has 1 aliphatic rings. The van der Waals surface area contributed by atoms with Crippen LogP contribution >= 0.6 is 24.0 Å². The molecule has 2 N–H and O–H groups in total. The van der Waals surface area contributed by atoms with Crippen molar-refractivity contribution in [2.75, 3.05) is 43.9 Å². The first-order valence-electron chi connectivity index (χ1n) is 7.60. The summed E-state index contributed by atoms with van der Waals surface area (Å²) in [7, 11) is 2.17. The van der Waals surface area contributed by atoms with E-state index >= 15 is 0 Å². The van der Waals surface area contributed by atoms with E-state index in [0.29, 0.717) is 16.6 Å². The number of nitrogens with two attached hydrogens (primary N) is 1. The van der Waals surface area contributed by atoms with E-state index in [1.54, 1.807) is 0 Å². The van der Waals surface area contributed by atoms with E-state index in [2.05, 4.69) is 46.1 Å². The summed E-state index contributed by atoms with van der Waals surface area (Å²) in [5.41, 5.74) is 8.25. The Balaban J connectivity index is 0.00000264. The van der Waals surface area contributed by atoms with Crippen LogP contribution in [0.4, 0.5) is 5.69 Å². The van der Waals surface area contributed by atoms with Gasteiger partial charge in [0.1, 0.15) is 4.99 Å². The number of nitrogens with zero attached hydrogens (tertiary/aromatic N) is 3. The van der Waals surface area contributed by atoms with E-state index in [1.807, 2.05) is 6.92 Å². The van der Waals surface area contributed by atoms with Gasteiger partial charge in [-0.05, 0) is 30.5 Å². The first-order valence-corrected chi connectivity index (χ1v) is 9.00. The molecule has 0 aliphatic carbocycles. The average molecular weight is 353 g/mol. The normalized spacial score (nSPS) is 16.1. The van der Waals surface area contributed by atoms with Gasteiger partial charge in [-0.3, -0.25) is 0 Å². The molecule has 1 aromatic carbocycles. The van der Waals surface area contributed by atoms with Crippen molar-refractivity contribution >= 4 is 39.8 Å². The molecule has 1 saturated heterocycles. The van der Waals surface area contributed by atoms with E-state index in [-0.39, 0.29) is 7.43 Å². The Hall–Kier alpha value is -1.11. The highest BCUT2D eigenvalue weighted by Gasteiger charge is 2.13. The van der Waals surface area contributed by atoms with Crippen molar-refractivity contribution in [1.29, 1.82) is 0 Å². The van der Waals surface area contributed by atoms with Crippen molar-refractivity contribution in [3.63, 3.8) is 0 Å². The van der Waals surface area contributed by atoms with E-state index < -0.39 is 0 Å². The highest BCUT2D eigenvalue weighted by molar-refractivity contribution is 8.13. The molecule has 0 spiro atoms. The van der Waals surface area contributed by atoms with Crippen molar-refractivity contribution in [3.8, 4) is 0 Å². The van der Waals surface area contributed by atoms with Crippen molar-refractivity contribution < 1.29 is 0 Å². The molecule has 23 heavy (non-hydrogen) atoms. The zero-order valence-corrected chi connectivity index (χ0v) is 14.9.